The van der Waals surface area contributed by atoms with Crippen molar-refractivity contribution in [2.45, 2.75) is 6.54 Å². The van der Waals surface area contributed by atoms with Gasteiger partial charge in [-0.3, -0.25) is 24.3 Å². The van der Waals surface area contributed by atoms with Gasteiger partial charge in [0.15, 0.2) is 0 Å². The lowest BCUT2D eigenvalue weighted by molar-refractivity contribution is -0.384. The number of carbonyl (C=O) groups is 1. The number of hydrogen-bond donors (Lipinski definition) is 1. The van der Waals surface area contributed by atoms with Crippen molar-refractivity contribution >= 4 is 39.4 Å². The van der Waals surface area contributed by atoms with Gasteiger partial charge in [-0.2, -0.15) is 0 Å². The number of carbonyl (C=O) groups excluding carboxylic acids is 1. The molecule has 1 amide bonds. The normalized spacial score (nSPS) is 10.9. The van der Waals surface area contributed by atoms with Crippen LogP contribution in [0.4, 0.5) is 11.4 Å². The van der Waals surface area contributed by atoms with E-state index in [9.17, 15) is 19.7 Å². The van der Waals surface area contributed by atoms with E-state index in [1.807, 2.05) is 6.07 Å². The second-order valence-electron chi connectivity index (χ2n) is 6.14. The van der Waals surface area contributed by atoms with Gasteiger partial charge in [0.25, 0.3) is 11.2 Å². The first-order valence-electron chi connectivity index (χ1n) is 8.47. The molecule has 10 heteroatoms. The van der Waals surface area contributed by atoms with Gasteiger partial charge in [0.1, 0.15) is 23.4 Å². The Bertz CT molecular complexity index is 1320. The van der Waals surface area contributed by atoms with Crippen molar-refractivity contribution in [3.63, 3.8) is 0 Å². The van der Waals surface area contributed by atoms with Gasteiger partial charge >= 0.3 is 0 Å². The molecule has 0 unspecified atom stereocenters. The van der Waals surface area contributed by atoms with Crippen molar-refractivity contribution in [3.05, 3.63) is 69.3 Å². The molecule has 10 nitrogen and oxygen atoms in total. The summed E-state index contributed by atoms with van der Waals surface area (Å²) in [5.41, 5.74) is 0.611. The van der Waals surface area contributed by atoms with Gasteiger partial charge in [-0.15, -0.1) is 0 Å². The number of amides is 1. The molecule has 0 aliphatic carbocycles. The maximum absolute atomic E-state index is 12.7. The number of nitro groups is 1. The predicted octanol–water partition coefficient (Wildman–Crippen LogP) is 2.70. The first-order valence-corrected chi connectivity index (χ1v) is 8.47. The highest BCUT2D eigenvalue weighted by Gasteiger charge is 2.16. The molecule has 0 bridgehead atoms. The Morgan fingerprint density at radius 2 is 2.10 bits per heavy atom. The molecule has 0 saturated heterocycles. The van der Waals surface area contributed by atoms with Gasteiger partial charge < -0.3 is 14.5 Å². The molecule has 29 heavy (non-hydrogen) atoms. The van der Waals surface area contributed by atoms with Gasteiger partial charge in [-0.1, -0.05) is 12.1 Å². The molecule has 0 aliphatic rings. The van der Waals surface area contributed by atoms with Crippen molar-refractivity contribution in [1.82, 2.24) is 9.55 Å². The molecule has 2 aromatic heterocycles. The number of nitrogens with one attached hydrogen (secondary N) is 1. The molecule has 1 N–H and O–H groups in total. The molecular formula is C19H14N4O6. The smallest absolute Gasteiger partial charge is 0.297 e. The molecule has 4 aromatic rings. The molecule has 0 aliphatic heterocycles. The number of anilines is 1. The Morgan fingerprint density at radius 1 is 1.31 bits per heavy atom. The number of rotatable bonds is 5. The number of para-hydroxylation sites is 1. The van der Waals surface area contributed by atoms with E-state index in [0.717, 1.165) is 4.57 Å². The summed E-state index contributed by atoms with van der Waals surface area (Å²) in [7, 11) is 1.33. The minimum Gasteiger partial charge on any atom is -0.494 e. The maximum atomic E-state index is 12.7. The van der Waals surface area contributed by atoms with Crippen LogP contribution in [0.15, 0.2) is 58.0 Å². The fourth-order valence-corrected chi connectivity index (χ4v) is 2.97. The number of benzene rings is 2. The van der Waals surface area contributed by atoms with Crippen molar-refractivity contribution in [2.75, 3.05) is 12.4 Å². The summed E-state index contributed by atoms with van der Waals surface area (Å²) in [6.45, 7) is -0.320. The second-order valence-corrected chi connectivity index (χ2v) is 6.14. The van der Waals surface area contributed by atoms with Gasteiger partial charge in [-0.25, -0.2) is 4.98 Å². The highest BCUT2D eigenvalue weighted by molar-refractivity contribution is 6.01. The minimum absolute atomic E-state index is 0.0643. The minimum atomic E-state index is -0.568. The number of nitro benzene ring substituents is 1. The number of fused-ring (bicyclic) bond motifs is 3. The number of ether oxygens (including phenoxy) is 1. The van der Waals surface area contributed by atoms with Crippen LogP contribution in [0.5, 0.6) is 5.75 Å². The van der Waals surface area contributed by atoms with Crippen LogP contribution >= 0.6 is 0 Å². The van der Waals surface area contributed by atoms with E-state index in [1.54, 1.807) is 18.2 Å². The SMILES string of the molecule is COc1cc([N+](=O)[O-])ccc1NC(=O)Cn1cnc2c(oc3ccccc32)c1=O. The van der Waals surface area contributed by atoms with E-state index in [1.165, 1.54) is 31.6 Å². The molecular weight excluding hydrogens is 380 g/mol. The molecule has 0 saturated carbocycles. The van der Waals surface area contributed by atoms with Crippen molar-refractivity contribution in [3.8, 4) is 5.75 Å². The molecule has 0 atom stereocenters. The van der Waals surface area contributed by atoms with Gasteiger partial charge in [0.05, 0.1) is 30.1 Å². The standard InChI is InChI=1S/C19H14N4O6/c1-28-15-8-11(23(26)27)6-7-13(15)21-16(24)9-22-10-20-17-12-4-2-3-5-14(12)29-18(17)19(22)25/h2-8,10H,9H2,1H3,(H,21,24). The molecule has 0 fully saturated rings. The Labute approximate surface area is 162 Å². The highest BCUT2D eigenvalue weighted by Crippen LogP contribution is 2.29. The number of methoxy groups -OCH3 is 1. The van der Waals surface area contributed by atoms with Crippen molar-refractivity contribution < 1.29 is 18.9 Å². The van der Waals surface area contributed by atoms with Crippen LogP contribution in [0.2, 0.25) is 0 Å². The molecule has 0 spiro atoms. The van der Waals surface area contributed by atoms with E-state index in [-0.39, 0.29) is 29.3 Å². The van der Waals surface area contributed by atoms with Crippen molar-refractivity contribution in [2.24, 2.45) is 0 Å². The number of hydrogen-bond acceptors (Lipinski definition) is 7. The summed E-state index contributed by atoms with van der Waals surface area (Å²) in [6, 6.07) is 10.9. The first kappa shape index (κ1) is 18.2. The Hall–Kier alpha value is -4.21. The maximum Gasteiger partial charge on any atom is 0.297 e. The Balaban J connectivity index is 1.61. The molecule has 146 valence electrons. The summed E-state index contributed by atoms with van der Waals surface area (Å²) in [6.07, 6.45) is 1.28. The monoisotopic (exact) mass is 394 g/mol. The van der Waals surface area contributed by atoms with Crippen LogP contribution in [-0.4, -0.2) is 27.5 Å². The topological polar surface area (TPSA) is 130 Å². The van der Waals surface area contributed by atoms with E-state index < -0.39 is 16.4 Å². The average molecular weight is 394 g/mol. The molecule has 2 aromatic carbocycles. The van der Waals surface area contributed by atoms with Gasteiger partial charge in [0, 0.05) is 11.5 Å². The summed E-state index contributed by atoms with van der Waals surface area (Å²) in [5.74, 6) is -0.401. The lowest BCUT2D eigenvalue weighted by atomic mass is 10.2. The van der Waals surface area contributed by atoms with Crippen LogP contribution < -0.4 is 15.6 Å². The summed E-state index contributed by atoms with van der Waals surface area (Å²) in [4.78, 5) is 39.6. The first-order chi connectivity index (χ1) is 14.0. The second kappa shape index (κ2) is 7.08. The van der Waals surface area contributed by atoms with Crippen molar-refractivity contribution in [1.29, 1.82) is 0 Å². The number of furan rings is 1. The van der Waals surface area contributed by atoms with Crippen LogP contribution in [0.3, 0.4) is 0 Å². The zero-order valence-corrected chi connectivity index (χ0v) is 15.1. The molecule has 4 rings (SSSR count). The third kappa shape index (κ3) is 3.27. The summed E-state index contributed by atoms with van der Waals surface area (Å²) in [5, 5.41) is 14.1. The number of aromatic nitrogens is 2. The predicted molar refractivity (Wildman–Crippen MR) is 104 cm³/mol. The van der Waals surface area contributed by atoms with E-state index in [2.05, 4.69) is 10.3 Å². The average Bonchev–Trinajstić information content (AvgIpc) is 3.09. The lowest BCUT2D eigenvalue weighted by Crippen LogP contribution is -2.27. The summed E-state index contributed by atoms with van der Waals surface area (Å²) >= 11 is 0. The zero-order chi connectivity index (χ0) is 20.5. The van der Waals surface area contributed by atoms with E-state index >= 15 is 0 Å². The largest absolute Gasteiger partial charge is 0.494 e. The van der Waals surface area contributed by atoms with Crippen LogP contribution in [0.25, 0.3) is 22.1 Å². The zero-order valence-electron chi connectivity index (χ0n) is 15.1. The fourth-order valence-electron chi connectivity index (χ4n) is 2.97. The third-order valence-electron chi connectivity index (χ3n) is 4.33. The van der Waals surface area contributed by atoms with E-state index in [0.29, 0.717) is 16.5 Å². The Kier molecular flexibility index (Phi) is 4.43. The highest BCUT2D eigenvalue weighted by atomic mass is 16.6. The summed E-state index contributed by atoms with van der Waals surface area (Å²) < 4.78 is 11.8. The van der Waals surface area contributed by atoms with Crippen LogP contribution in [0, 0.1) is 10.1 Å². The van der Waals surface area contributed by atoms with E-state index in [4.69, 9.17) is 9.15 Å². The molecule has 2 heterocycles. The van der Waals surface area contributed by atoms with Gasteiger partial charge in [-0.05, 0) is 18.2 Å². The number of non-ortho nitro benzene ring substituents is 1. The lowest BCUT2D eigenvalue weighted by Gasteiger charge is -2.10. The third-order valence-corrected chi connectivity index (χ3v) is 4.33. The van der Waals surface area contributed by atoms with Gasteiger partial charge in [0.2, 0.25) is 11.5 Å². The Morgan fingerprint density at radius 3 is 2.86 bits per heavy atom. The fraction of sp³-hybridized carbons (Fsp3) is 0.105. The van der Waals surface area contributed by atoms with Crippen LogP contribution in [-0.2, 0) is 11.3 Å². The van der Waals surface area contributed by atoms with Crippen LogP contribution in [0.1, 0.15) is 0 Å². The molecule has 0 radical (unpaired) electrons. The quantitative estimate of drug-likeness (QED) is 0.407. The number of nitrogens with zero attached hydrogens (tertiary/aromatic N) is 3.